The van der Waals surface area contributed by atoms with Crippen molar-refractivity contribution in [1.82, 2.24) is 0 Å². The summed E-state index contributed by atoms with van der Waals surface area (Å²) in [6, 6.07) is 0. The van der Waals surface area contributed by atoms with Crippen LogP contribution in [0.2, 0.25) is 0 Å². The number of carbonyl (C=O) groups excluding carboxylic acids is 2. The Labute approximate surface area is 175 Å². The van der Waals surface area contributed by atoms with Gasteiger partial charge in [0.05, 0.1) is 12.2 Å². The van der Waals surface area contributed by atoms with E-state index in [0.717, 1.165) is 43.6 Å². The van der Waals surface area contributed by atoms with E-state index < -0.39 is 0 Å². The van der Waals surface area contributed by atoms with Gasteiger partial charge in [-0.1, -0.05) is 24.3 Å². The zero-order valence-corrected chi connectivity index (χ0v) is 17.9. The zero-order valence-electron chi connectivity index (χ0n) is 17.9. The third-order valence-corrected chi connectivity index (χ3v) is 6.62. The van der Waals surface area contributed by atoms with E-state index in [2.05, 4.69) is 12.2 Å². The van der Waals surface area contributed by atoms with Gasteiger partial charge < -0.3 is 9.84 Å². The maximum absolute atomic E-state index is 12.2. The van der Waals surface area contributed by atoms with E-state index in [1.807, 2.05) is 26.0 Å². The Hall–Kier alpha value is -1.68. The number of esters is 1. The fraction of sp³-hybridized carbons (Fsp3) is 0.680. The first-order valence-electron chi connectivity index (χ1n) is 11.3. The second-order valence-corrected chi connectivity index (χ2v) is 9.53. The lowest BCUT2D eigenvalue weighted by molar-refractivity contribution is -0.147. The number of aliphatic hydroxyl groups is 1. The van der Waals surface area contributed by atoms with Crippen molar-refractivity contribution in [2.75, 3.05) is 0 Å². The van der Waals surface area contributed by atoms with Crippen molar-refractivity contribution in [1.29, 1.82) is 0 Å². The molecule has 0 amide bonds. The van der Waals surface area contributed by atoms with Crippen LogP contribution in [-0.4, -0.2) is 29.1 Å². The molecular formula is C25H36O4. The summed E-state index contributed by atoms with van der Waals surface area (Å²) in [5.41, 5.74) is 1.39. The van der Waals surface area contributed by atoms with Crippen molar-refractivity contribution in [2.45, 2.75) is 90.3 Å². The minimum absolute atomic E-state index is 0.0584. The van der Waals surface area contributed by atoms with Crippen LogP contribution in [0.1, 0.15) is 78.1 Å². The normalized spacial score (nSPS) is 30.1. The molecule has 2 bridgehead atoms. The standard InChI is InChI=1S/C25H36O4/c1-18(2)29-24(28)8-6-4-3-5-7-20-9-12-23(27)22(20)11-10-21(26)13-14-25-15-19(16-25)17-25/h3,5,9,11-12,18-21,26H,4,6-8,10,13-17H2,1-2H3. The molecule has 0 aliphatic heterocycles. The van der Waals surface area contributed by atoms with Crippen molar-refractivity contribution in [2.24, 2.45) is 17.3 Å². The maximum atomic E-state index is 12.2. The van der Waals surface area contributed by atoms with E-state index >= 15 is 0 Å². The van der Waals surface area contributed by atoms with Crippen molar-refractivity contribution < 1.29 is 19.4 Å². The van der Waals surface area contributed by atoms with Crippen LogP contribution in [0, 0.1) is 17.3 Å². The minimum Gasteiger partial charge on any atom is -0.463 e. The summed E-state index contributed by atoms with van der Waals surface area (Å²) in [5, 5.41) is 10.3. The van der Waals surface area contributed by atoms with E-state index in [1.54, 1.807) is 6.08 Å². The molecule has 29 heavy (non-hydrogen) atoms. The first-order valence-corrected chi connectivity index (χ1v) is 11.3. The highest BCUT2D eigenvalue weighted by Crippen LogP contribution is 2.66. The molecule has 0 heterocycles. The summed E-state index contributed by atoms with van der Waals surface area (Å²) in [6.45, 7) is 3.71. The molecule has 1 N–H and O–H groups in total. The molecule has 0 aromatic rings. The predicted molar refractivity (Wildman–Crippen MR) is 114 cm³/mol. The lowest BCUT2D eigenvalue weighted by Crippen LogP contribution is -2.51. The van der Waals surface area contributed by atoms with E-state index in [9.17, 15) is 14.7 Å². The van der Waals surface area contributed by atoms with Gasteiger partial charge in [0.15, 0.2) is 5.78 Å². The van der Waals surface area contributed by atoms with Crippen LogP contribution >= 0.6 is 0 Å². The molecule has 0 aromatic carbocycles. The van der Waals surface area contributed by atoms with Crippen molar-refractivity contribution in [3.05, 3.63) is 36.0 Å². The minimum atomic E-state index is -0.341. The molecule has 160 valence electrons. The van der Waals surface area contributed by atoms with Gasteiger partial charge in [-0.05, 0) is 89.0 Å². The Balaban J connectivity index is 1.34. The van der Waals surface area contributed by atoms with Gasteiger partial charge in [0.25, 0.3) is 0 Å². The fourth-order valence-electron chi connectivity index (χ4n) is 4.91. The molecule has 0 spiro atoms. The van der Waals surface area contributed by atoms with Crippen molar-refractivity contribution in [3.63, 3.8) is 0 Å². The summed E-state index contributed by atoms with van der Waals surface area (Å²) in [5.74, 6) is 1.02. The molecule has 0 saturated heterocycles. The molecule has 4 aliphatic rings. The largest absolute Gasteiger partial charge is 0.463 e. The predicted octanol–water partition coefficient (Wildman–Crippen LogP) is 5.07. The zero-order chi connectivity index (χ0) is 20.9. The SMILES string of the molecule is CC(C)OC(=O)CCCC=CCC1C=CC(=O)C1=CCC(O)CCC12CC(C1)C2. The average molecular weight is 401 g/mol. The van der Waals surface area contributed by atoms with Crippen LogP contribution in [-0.2, 0) is 14.3 Å². The number of aliphatic hydroxyl groups excluding tert-OH is 1. The van der Waals surface area contributed by atoms with E-state index in [0.29, 0.717) is 18.3 Å². The highest BCUT2D eigenvalue weighted by atomic mass is 16.5. The van der Waals surface area contributed by atoms with Crippen LogP contribution in [0.25, 0.3) is 0 Å². The Morgan fingerprint density at radius 1 is 1.31 bits per heavy atom. The van der Waals surface area contributed by atoms with E-state index in [4.69, 9.17) is 4.74 Å². The van der Waals surface area contributed by atoms with Gasteiger partial charge in [-0.15, -0.1) is 0 Å². The van der Waals surface area contributed by atoms with Crippen LogP contribution in [0.5, 0.6) is 0 Å². The van der Waals surface area contributed by atoms with Gasteiger partial charge in [0.1, 0.15) is 0 Å². The molecule has 3 saturated carbocycles. The van der Waals surface area contributed by atoms with Crippen LogP contribution in [0.3, 0.4) is 0 Å². The molecule has 4 nitrogen and oxygen atoms in total. The number of allylic oxidation sites excluding steroid dienone is 5. The van der Waals surface area contributed by atoms with Crippen LogP contribution < -0.4 is 0 Å². The first kappa shape index (κ1) is 22.0. The molecule has 0 aromatic heterocycles. The third kappa shape index (κ3) is 6.15. The lowest BCUT2D eigenvalue weighted by Gasteiger charge is -2.62. The average Bonchev–Trinajstić information content (AvgIpc) is 2.93. The molecule has 3 fully saturated rings. The third-order valence-electron chi connectivity index (χ3n) is 6.62. The van der Waals surface area contributed by atoms with Crippen molar-refractivity contribution >= 4 is 11.8 Å². The topological polar surface area (TPSA) is 63.6 Å². The Bertz CT molecular complexity index is 668. The number of hydrogen-bond donors (Lipinski definition) is 1. The highest BCUT2D eigenvalue weighted by Gasteiger charge is 2.55. The molecule has 2 unspecified atom stereocenters. The maximum Gasteiger partial charge on any atom is 0.306 e. The van der Waals surface area contributed by atoms with Gasteiger partial charge in [0, 0.05) is 17.9 Å². The summed E-state index contributed by atoms with van der Waals surface area (Å²) in [7, 11) is 0. The Morgan fingerprint density at radius 2 is 2.07 bits per heavy atom. The lowest BCUT2D eigenvalue weighted by atomic mass is 9.43. The molecule has 4 heteroatoms. The summed E-state index contributed by atoms with van der Waals surface area (Å²) in [6.07, 6.45) is 18.8. The summed E-state index contributed by atoms with van der Waals surface area (Å²) >= 11 is 0. The van der Waals surface area contributed by atoms with Gasteiger partial charge in [-0.2, -0.15) is 0 Å². The summed E-state index contributed by atoms with van der Waals surface area (Å²) < 4.78 is 5.12. The van der Waals surface area contributed by atoms with E-state index in [1.165, 1.54) is 19.3 Å². The number of ketones is 1. The number of unbranched alkanes of at least 4 members (excludes halogenated alkanes) is 1. The molecule has 2 atom stereocenters. The van der Waals surface area contributed by atoms with Crippen LogP contribution in [0.4, 0.5) is 0 Å². The number of rotatable bonds is 12. The number of carbonyl (C=O) groups is 2. The molecule has 4 rings (SSSR count). The highest BCUT2D eigenvalue weighted by molar-refractivity contribution is 6.07. The quantitative estimate of drug-likeness (QED) is 0.215. The molecular weight excluding hydrogens is 364 g/mol. The number of ether oxygens (including phenoxy) is 1. The fourth-order valence-corrected chi connectivity index (χ4v) is 4.91. The van der Waals surface area contributed by atoms with Gasteiger partial charge >= 0.3 is 5.97 Å². The van der Waals surface area contributed by atoms with Gasteiger partial charge in [-0.3, -0.25) is 9.59 Å². The molecule has 0 radical (unpaired) electrons. The Morgan fingerprint density at radius 3 is 2.72 bits per heavy atom. The van der Waals surface area contributed by atoms with E-state index in [-0.39, 0.29) is 29.9 Å². The van der Waals surface area contributed by atoms with Gasteiger partial charge in [0.2, 0.25) is 0 Å². The number of hydrogen-bond acceptors (Lipinski definition) is 4. The second kappa shape index (κ2) is 9.88. The smallest absolute Gasteiger partial charge is 0.306 e. The first-order chi connectivity index (χ1) is 13.9. The van der Waals surface area contributed by atoms with Crippen LogP contribution in [0.15, 0.2) is 36.0 Å². The monoisotopic (exact) mass is 400 g/mol. The second-order valence-electron chi connectivity index (χ2n) is 9.53. The summed E-state index contributed by atoms with van der Waals surface area (Å²) in [4.78, 5) is 23.7. The van der Waals surface area contributed by atoms with Crippen molar-refractivity contribution in [3.8, 4) is 0 Å². The Kier molecular flexibility index (Phi) is 7.50. The molecule has 4 aliphatic carbocycles. The van der Waals surface area contributed by atoms with Gasteiger partial charge in [-0.25, -0.2) is 0 Å².